The summed E-state index contributed by atoms with van der Waals surface area (Å²) in [6, 6.07) is 8.57. The summed E-state index contributed by atoms with van der Waals surface area (Å²) in [6.07, 6.45) is 0.569. The van der Waals surface area contributed by atoms with Gasteiger partial charge in [0.2, 0.25) is 5.90 Å². The van der Waals surface area contributed by atoms with Crippen molar-refractivity contribution in [2.45, 2.75) is 6.42 Å². The quantitative estimate of drug-likeness (QED) is 0.744. The number of Topliss-reactive ketones (excluding diaryl/α,β-unsaturated/α-hetero) is 2. The van der Waals surface area contributed by atoms with Gasteiger partial charge in [-0.3, -0.25) is 15.0 Å². The fourth-order valence-electron chi connectivity index (χ4n) is 3.42. The zero-order valence-corrected chi connectivity index (χ0v) is 12.2. The number of ether oxygens (including phenoxy) is 1. The lowest BCUT2D eigenvalue weighted by Gasteiger charge is -2.35. The van der Waals surface area contributed by atoms with Gasteiger partial charge in [-0.25, -0.2) is 0 Å². The van der Waals surface area contributed by atoms with Gasteiger partial charge in [0.25, 0.3) is 0 Å². The number of nitriles is 1. The number of benzene rings is 1. The van der Waals surface area contributed by atoms with E-state index in [1.807, 2.05) is 6.07 Å². The summed E-state index contributed by atoms with van der Waals surface area (Å²) in [5, 5.41) is 17.5. The fourth-order valence-corrected chi connectivity index (χ4v) is 4.75. The minimum absolute atomic E-state index is 0.307. The summed E-state index contributed by atoms with van der Waals surface area (Å²) in [4.78, 5) is 26.7. The van der Waals surface area contributed by atoms with Gasteiger partial charge in [-0.05, 0) is 0 Å². The highest BCUT2D eigenvalue weighted by Crippen LogP contribution is 2.57. The summed E-state index contributed by atoms with van der Waals surface area (Å²) >= 11 is 1.39. The van der Waals surface area contributed by atoms with Gasteiger partial charge in [0.1, 0.15) is 11.7 Å². The molecule has 0 amide bonds. The van der Waals surface area contributed by atoms with Crippen LogP contribution in [-0.4, -0.2) is 23.2 Å². The molecule has 3 aliphatic rings. The average molecular weight is 310 g/mol. The Morgan fingerprint density at radius 2 is 1.91 bits per heavy atom. The minimum atomic E-state index is -1.61. The topological polar surface area (TPSA) is 91.0 Å². The largest absolute Gasteiger partial charge is 0.446 e. The molecule has 0 aromatic heterocycles. The van der Waals surface area contributed by atoms with E-state index in [1.165, 1.54) is 11.8 Å². The molecule has 1 aromatic carbocycles. The predicted octanol–water partition coefficient (Wildman–Crippen LogP) is 2.55. The number of carbonyl (C=O) groups is 2. The number of ketones is 2. The van der Waals surface area contributed by atoms with E-state index < -0.39 is 11.3 Å². The maximum Gasteiger partial charge on any atom is 0.206 e. The number of hydrogen-bond acceptors (Lipinski definition) is 6. The van der Waals surface area contributed by atoms with Crippen LogP contribution in [0.5, 0.6) is 0 Å². The molecule has 2 aliphatic heterocycles. The Balaban J connectivity index is 2.05. The van der Waals surface area contributed by atoms with Crippen LogP contribution in [0.4, 0.5) is 0 Å². The molecule has 1 N–H and O–H groups in total. The second kappa shape index (κ2) is 4.31. The van der Waals surface area contributed by atoms with Crippen molar-refractivity contribution < 1.29 is 14.3 Å². The number of hydrogen-bond donors (Lipinski definition) is 1. The van der Waals surface area contributed by atoms with Crippen molar-refractivity contribution in [1.82, 2.24) is 0 Å². The molecule has 1 aliphatic carbocycles. The van der Waals surface area contributed by atoms with Gasteiger partial charge in [0.05, 0.1) is 6.07 Å². The third-order valence-corrected chi connectivity index (χ3v) is 5.62. The zero-order valence-electron chi connectivity index (χ0n) is 11.4. The first-order chi connectivity index (χ1) is 10.6. The molecule has 1 atom stereocenters. The first-order valence-corrected chi connectivity index (χ1v) is 7.82. The molecule has 4 rings (SSSR count). The van der Waals surface area contributed by atoms with E-state index in [4.69, 9.17) is 10.1 Å². The van der Waals surface area contributed by atoms with Gasteiger partial charge in [-0.2, -0.15) is 5.26 Å². The van der Waals surface area contributed by atoms with Crippen molar-refractivity contribution in [2.24, 2.45) is 11.3 Å². The smallest absolute Gasteiger partial charge is 0.206 e. The second-order valence-electron chi connectivity index (χ2n) is 5.39. The summed E-state index contributed by atoms with van der Waals surface area (Å²) < 4.78 is 5.41. The van der Waals surface area contributed by atoms with Crippen LogP contribution in [0.2, 0.25) is 0 Å². The van der Waals surface area contributed by atoms with E-state index in [0.717, 1.165) is 0 Å². The number of fused-ring (bicyclic) bond motifs is 2. The zero-order chi connectivity index (χ0) is 15.5. The summed E-state index contributed by atoms with van der Waals surface area (Å²) in [5.41, 5.74) is -0.937. The molecule has 0 fully saturated rings. The maximum absolute atomic E-state index is 13.1. The Labute approximate surface area is 130 Å². The number of thioether (sulfide) groups is 1. The molecular weight excluding hydrogens is 300 g/mol. The summed E-state index contributed by atoms with van der Waals surface area (Å²) in [6.45, 7) is 0. The van der Waals surface area contributed by atoms with Gasteiger partial charge >= 0.3 is 0 Å². The van der Waals surface area contributed by atoms with Crippen LogP contribution < -0.4 is 0 Å². The predicted molar refractivity (Wildman–Crippen MR) is 79.6 cm³/mol. The normalized spacial score (nSPS) is 25.0. The lowest BCUT2D eigenvalue weighted by Crippen LogP contribution is -2.48. The number of carbonyl (C=O) groups excluding carboxylic acids is 2. The first-order valence-electron chi connectivity index (χ1n) is 6.83. The molecule has 6 heteroatoms. The SMILES string of the molecule is N#CC1C(=N)OC2=C(SCC2)C12C(=O)c1ccccc1C2=O. The van der Waals surface area contributed by atoms with Crippen LogP contribution in [0.1, 0.15) is 27.1 Å². The van der Waals surface area contributed by atoms with E-state index >= 15 is 0 Å². The van der Waals surface area contributed by atoms with E-state index in [-0.39, 0.29) is 17.5 Å². The molecule has 0 radical (unpaired) electrons. The average Bonchev–Trinajstić information content (AvgIpc) is 3.07. The highest BCUT2D eigenvalue weighted by molar-refractivity contribution is 8.03. The molecule has 108 valence electrons. The van der Waals surface area contributed by atoms with E-state index in [0.29, 0.717) is 34.0 Å². The maximum atomic E-state index is 13.1. The van der Waals surface area contributed by atoms with Crippen molar-refractivity contribution in [2.75, 3.05) is 5.75 Å². The summed E-state index contributed by atoms with van der Waals surface area (Å²) in [5.74, 6) is -1.09. The third-order valence-electron chi connectivity index (χ3n) is 4.38. The molecule has 5 nitrogen and oxygen atoms in total. The van der Waals surface area contributed by atoms with Crippen molar-refractivity contribution in [3.05, 3.63) is 46.1 Å². The van der Waals surface area contributed by atoms with Gasteiger partial charge < -0.3 is 4.74 Å². The molecule has 0 bridgehead atoms. The van der Waals surface area contributed by atoms with E-state index in [9.17, 15) is 14.9 Å². The van der Waals surface area contributed by atoms with E-state index in [1.54, 1.807) is 24.3 Å². The molecule has 0 saturated heterocycles. The monoisotopic (exact) mass is 310 g/mol. The Bertz CT molecular complexity index is 799. The lowest BCUT2D eigenvalue weighted by atomic mass is 9.69. The van der Waals surface area contributed by atoms with Crippen LogP contribution in [0.15, 0.2) is 34.9 Å². The standard InChI is InChI=1S/C16H10N2O3S/c17-7-10-15(18)21-11-5-6-22-14(11)16(10)12(19)8-3-1-2-4-9(8)13(16)20/h1-4,10,18H,5-6H2. The minimum Gasteiger partial charge on any atom is -0.446 e. The summed E-state index contributed by atoms with van der Waals surface area (Å²) in [7, 11) is 0. The number of allylic oxidation sites excluding steroid dienone is 2. The molecule has 1 unspecified atom stereocenters. The molecular formula is C16H10N2O3S. The molecule has 1 spiro atoms. The molecule has 1 aromatic rings. The molecule has 22 heavy (non-hydrogen) atoms. The van der Waals surface area contributed by atoms with E-state index in [2.05, 4.69) is 0 Å². The van der Waals surface area contributed by atoms with Crippen LogP contribution in [0.25, 0.3) is 0 Å². The molecule has 0 saturated carbocycles. The Hall–Kier alpha value is -2.39. The van der Waals surface area contributed by atoms with Crippen LogP contribution >= 0.6 is 11.8 Å². The fraction of sp³-hybridized carbons (Fsp3) is 0.250. The van der Waals surface area contributed by atoms with Gasteiger partial charge in [0.15, 0.2) is 17.0 Å². The van der Waals surface area contributed by atoms with Gasteiger partial charge in [-0.15, -0.1) is 11.8 Å². The van der Waals surface area contributed by atoms with Crippen molar-refractivity contribution in [1.29, 1.82) is 10.7 Å². The Morgan fingerprint density at radius 3 is 2.50 bits per heavy atom. The molecule has 2 heterocycles. The Kier molecular flexibility index (Phi) is 2.60. The Morgan fingerprint density at radius 1 is 1.27 bits per heavy atom. The van der Waals surface area contributed by atoms with Gasteiger partial charge in [0, 0.05) is 28.2 Å². The van der Waals surface area contributed by atoms with Crippen molar-refractivity contribution >= 4 is 29.2 Å². The van der Waals surface area contributed by atoms with Crippen LogP contribution in [0.3, 0.4) is 0 Å². The van der Waals surface area contributed by atoms with Crippen molar-refractivity contribution in [3.8, 4) is 6.07 Å². The van der Waals surface area contributed by atoms with Crippen molar-refractivity contribution in [3.63, 3.8) is 0 Å². The van der Waals surface area contributed by atoms with Crippen LogP contribution in [0, 0.1) is 28.1 Å². The highest BCUT2D eigenvalue weighted by atomic mass is 32.2. The second-order valence-corrected chi connectivity index (χ2v) is 6.50. The van der Waals surface area contributed by atoms with Crippen LogP contribution in [-0.2, 0) is 4.74 Å². The third kappa shape index (κ3) is 1.32. The number of rotatable bonds is 0. The first kappa shape index (κ1) is 13.3. The number of nitrogens with zero attached hydrogens (tertiary/aromatic N) is 1. The number of nitrogens with one attached hydrogen (secondary N) is 1. The lowest BCUT2D eigenvalue weighted by molar-refractivity contribution is 0.0703. The highest BCUT2D eigenvalue weighted by Gasteiger charge is 2.65. The van der Waals surface area contributed by atoms with Gasteiger partial charge in [-0.1, -0.05) is 24.3 Å².